The number of benzene rings is 1. The van der Waals surface area contributed by atoms with Gasteiger partial charge in [-0.25, -0.2) is 0 Å². The molecule has 1 aromatic rings. The van der Waals surface area contributed by atoms with Gasteiger partial charge in [-0.15, -0.1) is 12.4 Å². The predicted molar refractivity (Wildman–Crippen MR) is 98.1 cm³/mol. The quantitative estimate of drug-likeness (QED) is 0.737. The molecule has 0 spiro atoms. The molecule has 1 fully saturated rings. The number of hydrogen-bond donors (Lipinski definition) is 2. The van der Waals surface area contributed by atoms with Crippen molar-refractivity contribution in [3.63, 3.8) is 0 Å². The third kappa shape index (κ3) is 5.10. The van der Waals surface area contributed by atoms with Crippen molar-refractivity contribution < 1.29 is 14.3 Å². The van der Waals surface area contributed by atoms with Crippen LogP contribution in [-0.2, 0) is 9.53 Å². The van der Waals surface area contributed by atoms with E-state index in [1.54, 1.807) is 7.11 Å². The van der Waals surface area contributed by atoms with Crippen LogP contribution < -0.4 is 15.4 Å². The van der Waals surface area contributed by atoms with Gasteiger partial charge in [0.2, 0.25) is 0 Å². The molecule has 6 heteroatoms. The summed E-state index contributed by atoms with van der Waals surface area (Å²) in [5.41, 5.74) is 0.492. The molecule has 1 aromatic carbocycles. The van der Waals surface area contributed by atoms with Gasteiger partial charge in [0.15, 0.2) is 0 Å². The summed E-state index contributed by atoms with van der Waals surface area (Å²) in [6.07, 6.45) is 1.40. The van der Waals surface area contributed by atoms with Gasteiger partial charge in [-0.05, 0) is 43.5 Å². The molecule has 136 valence electrons. The lowest BCUT2D eigenvalue weighted by atomic mass is 9.91. The maximum atomic E-state index is 12.4. The second-order valence-corrected chi connectivity index (χ2v) is 6.25. The Bertz CT molecular complexity index is 517. The van der Waals surface area contributed by atoms with E-state index in [2.05, 4.69) is 30.5 Å². The van der Waals surface area contributed by atoms with Crippen molar-refractivity contribution in [2.75, 3.05) is 33.4 Å². The lowest BCUT2D eigenvalue weighted by molar-refractivity contribution is -0.146. The summed E-state index contributed by atoms with van der Waals surface area (Å²) in [5, 5.41) is 6.20. The molecule has 24 heavy (non-hydrogen) atoms. The largest absolute Gasteiger partial charge is 0.491 e. The molecule has 0 aliphatic carbocycles. The van der Waals surface area contributed by atoms with Gasteiger partial charge in [0.25, 0.3) is 5.91 Å². The molecule has 2 N–H and O–H groups in total. The summed E-state index contributed by atoms with van der Waals surface area (Å²) in [5.74, 6) is 1.26. The van der Waals surface area contributed by atoms with Crippen molar-refractivity contribution in [1.82, 2.24) is 10.6 Å². The van der Waals surface area contributed by atoms with E-state index in [1.807, 2.05) is 18.2 Å². The normalized spacial score (nSPS) is 16.3. The summed E-state index contributed by atoms with van der Waals surface area (Å²) in [7, 11) is 1.61. The monoisotopic (exact) mass is 356 g/mol. The molecule has 1 saturated heterocycles. The lowest BCUT2D eigenvalue weighted by Gasteiger charge is -2.34. The average molecular weight is 357 g/mol. The van der Waals surface area contributed by atoms with Crippen LogP contribution in [0.15, 0.2) is 24.3 Å². The molecule has 2 rings (SSSR count). The van der Waals surface area contributed by atoms with Gasteiger partial charge in [0.05, 0.1) is 6.54 Å². The summed E-state index contributed by atoms with van der Waals surface area (Å²) in [4.78, 5) is 12.4. The van der Waals surface area contributed by atoms with Crippen LogP contribution in [-0.4, -0.2) is 44.9 Å². The third-order valence-electron chi connectivity index (χ3n) is 4.40. The van der Waals surface area contributed by atoms with E-state index < -0.39 is 5.60 Å². The number of methoxy groups -OCH3 is 1. The Hall–Kier alpha value is -1.30. The second-order valence-electron chi connectivity index (χ2n) is 6.25. The van der Waals surface area contributed by atoms with Gasteiger partial charge >= 0.3 is 0 Å². The highest BCUT2D eigenvalue weighted by Crippen LogP contribution is 2.26. The highest BCUT2D eigenvalue weighted by molar-refractivity contribution is 5.85. The summed E-state index contributed by atoms with van der Waals surface area (Å²) < 4.78 is 11.3. The number of carbonyl (C=O) groups is 1. The second kappa shape index (κ2) is 9.87. The molecule has 0 aromatic heterocycles. The van der Waals surface area contributed by atoms with E-state index in [0.29, 0.717) is 31.9 Å². The van der Waals surface area contributed by atoms with Crippen LogP contribution >= 0.6 is 12.4 Å². The van der Waals surface area contributed by atoms with Gasteiger partial charge in [0, 0.05) is 7.11 Å². The fourth-order valence-corrected chi connectivity index (χ4v) is 2.93. The first-order valence-corrected chi connectivity index (χ1v) is 8.35. The van der Waals surface area contributed by atoms with Gasteiger partial charge < -0.3 is 20.1 Å². The molecule has 0 saturated carbocycles. The molecule has 1 aliphatic heterocycles. The Balaban J connectivity index is 0.00000288. The number of rotatable bonds is 7. The third-order valence-corrected chi connectivity index (χ3v) is 4.40. The minimum atomic E-state index is -0.693. The van der Waals surface area contributed by atoms with Crippen molar-refractivity contribution in [3.05, 3.63) is 29.8 Å². The Kier molecular flexibility index (Phi) is 8.53. The van der Waals surface area contributed by atoms with E-state index in [-0.39, 0.29) is 18.3 Å². The van der Waals surface area contributed by atoms with Gasteiger partial charge in [0.1, 0.15) is 18.0 Å². The molecule has 0 radical (unpaired) electrons. The van der Waals surface area contributed by atoms with Crippen LogP contribution in [0.1, 0.15) is 38.2 Å². The van der Waals surface area contributed by atoms with Crippen molar-refractivity contribution in [2.24, 2.45) is 0 Å². The van der Waals surface area contributed by atoms with Crippen LogP contribution in [0.2, 0.25) is 0 Å². The number of para-hydroxylation sites is 1. The number of carbonyl (C=O) groups excluding carboxylic acids is 1. The molecule has 1 aliphatic rings. The minimum Gasteiger partial charge on any atom is -0.491 e. The Morgan fingerprint density at radius 3 is 2.58 bits per heavy atom. The molecule has 0 atom stereocenters. The first-order valence-electron chi connectivity index (χ1n) is 8.35. The van der Waals surface area contributed by atoms with E-state index in [9.17, 15) is 4.79 Å². The first-order chi connectivity index (χ1) is 11.1. The fourth-order valence-electron chi connectivity index (χ4n) is 2.93. The zero-order chi connectivity index (χ0) is 16.7. The molecule has 5 nitrogen and oxygen atoms in total. The highest BCUT2D eigenvalue weighted by Gasteiger charge is 2.39. The van der Waals surface area contributed by atoms with E-state index in [0.717, 1.165) is 18.8 Å². The zero-order valence-corrected chi connectivity index (χ0v) is 15.6. The molecule has 1 heterocycles. The topological polar surface area (TPSA) is 59.6 Å². The molecule has 0 unspecified atom stereocenters. The summed E-state index contributed by atoms with van der Waals surface area (Å²) in [6.45, 7) is 6.82. The maximum Gasteiger partial charge on any atom is 0.252 e. The van der Waals surface area contributed by atoms with Crippen molar-refractivity contribution in [3.8, 4) is 5.75 Å². The molecule has 1 amide bonds. The Morgan fingerprint density at radius 2 is 1.96 bits per heavy atom. The number of ether oxygens (including phenoxy) is 2. The van der Waals surface area contributed by atoms with Crippen LogP contribution in [0.4, 0.5) is 0 Å². The van der Waals surface area contributed by atoms with Gasteiger partial charge in [-0.1, -0.05) is 32.0 Å². The molecular formula is C18H29ClN2O3. The van der Waals surface area contributed by atoms with Crippen molar-refractivity contribution >= 4 is 18.3 Å². The number of halogens is 1. The average Bonchev–Trinajstić information content (AvgIpc) is 2.59. The predicted octanol–water partition coefficient (Wildman–Crippen LogP) is 2.50. The highest BCUT2D eigenvalue weighted by atomic mass is 35.5. The number of amides is 1. The zero-order valence-electron chi connectivity index (χ0n) is 14.8. The van der Waals surface area contributed by atoms with Crippen LogP contribution in [0.25, 0.3) is 0 Å². The van der Waals surface area contributed by atoms with Crippen molar-refractivity contribution in [1.29, 1.82) is 0 Å². The Labute approximate surface area is 150 Å². The Morgan fingerprint density at radius 1 is 1.29 bits per heavy atom. The number of nitrogens with one attached hydrogen (secondary N) is 2. The van der Waals surface area contributed by atoms with Gasteiger partial charge in [-0.2, -0.15) is 0 Å². The number of hydrogen-bond acceptors (Lipinski definition) is 4. The smallest absolute Gasteiger partial charge is 0.252 e. The standard InChI is InChI=1S/C18H28N2O3.ClH/c1-14(2)15-6-4-5-7-16(15)23-13-12-20-17(21)18(22-3)8-10-19-11-9-18;/h4-7,14,19H,8-13H2,1-3H3,(H,20,21);1H. The number of piperidine rings is 1. The summed E-state index contributed by atoms with van der Waals surface area (Å²) in [6, 6.07) is 8.03. The van der Waals surface area contributed by atoms with Crippen molar-refractivity contribution in [2.45, 2.75) is 38.2 Å². The van der Waals surface area contributed by atoms with E-state index in [1.165, 1.54) is 5.56 Å². The molecular weight excluding hydrogens is 328 g/mol. The SMILES string of the molecule is COC1(C(=O)NCCOc2ccccc2C(C)C)CCNCC1.Cl. The van der Waals surface area contributed by atoms with Crippen LogP contribution in [0.5, 0.6) is 5.75 Å². The van der Waals surface area contributed by atoms with E-state index >= 15 is 0 Å². The van der Waals surface area contributed by atoms with Gasteiger partial charge in [-0.3, -0.25) is 4.79 Å². The lowest BCUT2D eigenvalue weighted by Crippen LogP contribution is -2.54. The maximum absolute atomic E-state index is 12.4. The fraction of sp³-hybridized carbons (Fsp3) is 0.611. The van der Waals surface area contributed by atoms with Crippen LogP contribution in [0, 0.1) is 0 Å². The first kappa shape index (κ1) is 20.7. The van der Waals surface area contributed by atoms with E-state index in [4.69, 9.17) is 9.47 Å². The minimum absolute atomic E-state index is 0. The molecule has 0 bridgehead atoms. The summed E-state index contributed by atoms with van der Waals surface area (Å²) >= 11 is 0. The van der Waals surface area contributed by atoms with Crippen LogP contribution in [0.3, 0.4) is 0 Å².